The van der Waals surface area contributed by atoms with Gasteiger partial charge in [0.2, 0.25) is 0 Å². The van der Waals surface area contributed by atoms with Crippen molar-refractivity contribution in [2.75, 3.05) is 6.54 Å². The van der Waals surface area contributed by atoms with Crippen LogP contribution < -0.4 is 0 Å². The van der Waals surface area contributed by atoms with Crippen LogP contribution in [0.2, 0.25) is 5.22 Å². The van der Waals surface area contributed by atoms with Crippen molar-refractivity contribution in [3.05, 3.63) is 23.1 Å². The molecule has 1 amide bonds. The number of carbonyl (C=O) groups excluding carboxylic acids is 1. The van der Waals surface area contributed by atoms with E-state index < -0.39 is 17.9 Å². The van der Waals surface area contributed by atoms with E-state index in [4.69, 9.17) is 21.1 Å². The Morgan fingerprint density at radius 2 is 2.18 bits per heavy atom. The van der Waals surface area contributed by atoms with E-state index in [0.717, 1.165) is 12.8 Å². The molecule has 2 rings (SSSR count). The molecule has 2 heterocycles. The highest BCUT2D eigenvalue weighted by atomic mass is 35.5. The normalized spacial score (nSPS) is 20.3. The fourth-order valence-corrected chi connectivity index (χ4v) is 2.15. The van der Waals surface area contributed by atoms with E-state index in [9.17, 15) is 9.59 Å². The lowest BCUT2D eigenvalue weighted by molar-refractivity contribution is -0.143. The van der Waals surface area contributed by atoms with E-state index in [2.05, 4.69) is 0 Å². The summed E-state index contributed by atoms with van der Waals surface area (Å²) in [5.74, 6) is -1.30. The van der Waals surface area contributed by atoms with Crippen molar-refractivity contribution in [1.82, 2.24) is 4.90 Å². The lowest BCUT2D eigenvalue weighted by Gasteiger charge is -2.32. The van der Waals surface area contributed by atoms with Crippen LogP contribution in [0, 0.1) is 0 Å². The highest BCUT2D eigenvalue weighted by Crippen LogP contribution is 2.22. The number of hydrogen-bond acceptors (Lipinski definition) is 3. The van der Waals surface area contributed by atoms with Gasteiger partial charge in [0, 0.05) is 6.54 Å². The summed E-state index contributed by atoms with van der Waals surface area (Å²) in [5, 5.41) is 9.18. The largest absolute Gasteiger partial charge is 0.480 e. The van der Waals surface area contributed by atoms with E-state index in [1.807, 2.05) is 0 Å². The van der Waals surface area contributed by atoms with Crippen LogP contribution >= 0.6 is 11.6 Å². The minimum Gasteiger partial charge on any atom is -0.480 e. The van der Waals surface area contributed by atoms with Crippen molar-refractivity contribution >= 4 is 23.5 Å². The zero-order valence-corrected chi connectivity index (χ0v) is 9.81. The number of piperidine rings is 1. The zero-order chi connectivity index (χ0) is 12.4. The Kier molecular flexibility index (Phi) is 3.38. The molecule has 0 aromatic carbocycles. The van der Waals surface area contributed by atoms with Crippen LogP contribution in [0.4, 0.5) is 0 Å². The first-order valence-corrected chi connectivity index (χ1v) is 5.76. The molecule has 0 unspecified atom stereocenters. The summed E-state index contributed by atoms with van der Waals surface area (Å²) in [4.78, 5) is 24.4. The Balaban J connectivity index is 2.19. The summed E-state index contributed by atoms with van der Waals surface area (Å²) in [7, 11) is 0. The van der Waals surface area contributed by atoms with Crippen LogP contribution in [0.1, 0.15) is 29.8 Å². The SMILES string of the molecule is O=C(O)[C@H]1CCCCN1C(=O)c1ccc(Cl)o1. The van der Waals surface area contributed by atoms with Gasteiger partial charge in [-0.05, 0) is 43.0 Å². The molecule has 5 nitrogen and oxygen atoms in total. The van der Waals surface area contributed by atoms with E-state index in [1.54, 1.807) is 0 Å². The Hall–Kier alpha value is -1.49. The summed E-state index contributed by atoms with van der Waals surface area (Å²) in [6.07, 6.45) is 2.11. The average Bonchev–Trinajstić information content (AvgIpc) is 2.75. The van der Waals surface area contributed by atoms with Crippen molar-refractivity contribution in [1.29, 1.82) is 0 Å². The van der Waals surface area contributed by atoms with Crippen molar-refractivity contribution < 1.29 is 19.1 Å². The predicted molar refractivity (Wildman–Crippen MR) is 60.0 cm³/mol. The number of aliphatic carboxylic acids is 1. The van der Waals surface area contributed by atoms with Gasteiger partial charge < -0.3 is 14.4 Å². The number of carboxylic acids is 1. The van der Waals surface area contributed by atoms with Gasteiger partial charge in [-0.2, -0.15) is 0 Å². The van der Waals surface area contributed by atoms with Gasteiger partial charge in [0.05, 0.1) is 0 Å². The first-order valence-electron chi connectivity index (χ1n) is 5.38. The summed E-state index contributed by atoms with van der Waals surface area (Å²) in [5.41, 5.74) is 0. The monoisotopic (exact) mass is 257 g/mol. The van der Waals surface area contributed by atoms with Gasteiger partial charge in [-0.15, -0.1) is 0 Å². The molecule has 0 bridgehead atoms. The second-order valence-corrected chi connectivity index (χ2v) is 4.32. The third kappa shape index (κ3) is 2.44. The zero-order valence-electron chi connectivity index (χ0n) is 9.06. The molecule has 1 aliphatic heterocycles. The van der Waals surface area contributed by atoms with Crippen LogP contribution in [0.3, 0.4) is 0 Å². The summed E-state index contributed by atoms with van der Waals surface area (Å²) < 4.78 is 5.01. The second kappa shape index (κ2) is 4.79. The highest BCUT2D eigenvalue weighted by Gasteiger charge is 2.33. The molecule has 92 valence electrons. The van der Waals surface area contributed by atoms with E-state index >= 15 is 0 Å². The number of amides is 1. The molecule has 0 saturated carbocycles. The summed E-state index contributed by atoms with van der Waals surface area (Å²) in [6.45, 7) is 0.439. The molecule has 0 radical (unpaired) electrons. The highest BCUT2D eigenvalue weighted by molar-refractivity contribution is 6.29. The number of halogens is 1. The number of likely N-dealkylation sites (tertiary alicyclic amines) is 1. The van der Waals surface area contributed by atoms with E-state index in [-0.39, 0.29) is 11.0 Å². The van der Waals surface area contributed by atoms with Gasteiger partial charge >= 0.3 is 5.97 Å². The number of nitrogens with zero attached hydrogens (tertiary/aromatic N) is 1. The fraction of sp³-hybridized carbons (Fsp3) is 0.455. The number of rotatable bonds is 2. The van der Waals surface area contributed by atoms with Gasteiger partial charge in [-0.3, -0.25) is 4.79 Å². The van der Waals surface area contributed by atoms with Crippen LogP contribution in [0.25, 0.3) is 0 Å². The van der Waals surface area contributed by atoms with Crippen molar-refractivity contribution in [2.24, 2.45) is 0 Å². The molecule has 1 saturated heterocycles. The Morgan fingerprint density at radius 3 is 2.76 bits per heavy atom. The fourth-order valence-electron chi connectivity index (χ4n) is 2.00. The molecule has 6 heteroatoms. The van der Waals surface area contributed by atoms with Crippen molar-refractivity contribution in [3.63, 3.8) is 0 Å². The third-order valence-electron chi connectivity index (χ3n) is 2.83. The Labute approximate surface area is 103 Å². The van der Waals surface area contributed by atoms with Gasteiger partial charge in [0.25, 0.3) is 5.91 Å². The lowest BCUT2D eigenvalue weighted by Crippen LogP contribution is -2.47. The maximum atomic E-state index is 12.0. The molecular formula is C11H12ClNO4. The minimum atomic E-state index is -0.976. The van der Waals surface area contributed by atoms with Crippen molar-refractivity contribution in [3.8, 4) is 0 Å². The second-order valence-electron chi connectivity index (χ2n) is 3.95. The molecule has 1 aromatic rings. The van der Waals surface area contributed by atoms with Crippen LogP contribution in [0.15, 0.2) is 16.5 Å². The van der Waals surface area contributed by atoms with Crippen LogP contribution in [-0.4, -0.2) is 34.5 Å². The molecule has 1 atom stereocenters. The minimum absolute atomic E-state index is 0.0863. The van der Waals surface area contributed by atoms with Gasteiger partial charge in [0.1, 0.15) is 6.04 Å². The summed E-state index contributed by atoms with van der Waals surface area (Å²) in [6, 6.07) is 2.16. The first-order chi connectivity index (χ1) is 8.09. The van der Waals surface area contributed by atoms with Crippen LogP contribution in [0.5, 0.6) is 0 Å². The molecule has 0 spiro atoms. The molecule has 1 aromatic heterocycles. The smallest absolute Gasteiger partial charge is 0.326 e. The van der Waals surface area contributed by atoms with Crippen LogP contribution in [-0.2, 0) is 4.79 Å². The number of carboxylic acid groups (broad SMARTS) is 1. The molecular weight excluding hydrogens is 246 g/mol. The van der Waals surface area contributed by atoms with Gasteiger partial charge in [-0.25, -0.2) is 4.79 Å². The maximum Gasteiger partial charge on any atom is 0.326 e. The molecule has 1 aliphatic rings. The topological polar surface area (TPSA) is 70.8 Å². The van der Waals surface area contributed by atoms with E-state index in [0.29, 0.717) is 13.0 Å². The Morgan fingerprint density at radius 1 is 1.41 bits per heavy atom. The van der Waals surface area contributed by atoms with Gasteiger partial charge in [0.15, 0.2) is 11.0 Å². The molecule has 1 fully saturated rings. The Bertz CT molecular complexity index is 442. The first kappa shape index (κ1) is 12.0. The van der Waals surface area contributed by atoms with Gasteiger partial charge in [-0.1, -0.05) is 0 Å². The van der Waals surface area contributed by atoms with Crippen molar-refractivity contribution in [2.45, 2.75) is 25.3 Å². The maximum absolute atomic E-state index is 12.0. The molecule has 1 N–H and O–H groups in total. The number of carbonyl (C=O) groups is 2. The summed E-state index contributed by atoms with van der Waals surface area (Å²) >= 11 is 5.59. The third-order valence-corrected chi connectivity index (χ3v) is 3.04. The lowest BCUT2D eigenvalue weighted by atomic mass is 10.0. The predicted octanol–water partition coefficient (Wildman–Crippen LogP) is 2.01. The molecule has 17 heavy (non-hydrogen) atoms. The quantitative estimate of drug-likeness (QED) is 0.880. The number of hydrogen-bond donors (Lipinski definition) is 1. The number of furan rings is 1. The molecule has 0 aliphatic carbocycles. The average molecular weight is 258 g/mol. The standard InChI is InChI=1S/C11H12ClNO4/c12-9-5-4-8(17-9)10(14)13-6-2-1-3-7(13)11(15)16/h4-5,7H,1-3,6H2,(H,15,16)/t7-/m1/s1. The van der Waals surface area contributed by atoms with E-state index in [1.165, 1.54) is 17.0 Å².